The molecule has 0 saturated carbocycles. The number of thioether (sulfide) groups is 1. The van der Waals surface area contributed by atoms with Crippen LogP contribution in [0.3, 0.4) is 0 Å². The molecule has 5 heteroatoms. The third-order valence-electron chi connectivity index (χ3n) is 2.45. The third-order valence-corrected chi connectivity index (χ3v) is 4.78. The van der Waals surface area contributed by atoms with Gasteiger partial charge in [0.2, 0.25) is 0 Å². The molecular formula is C15H9BrCl2OS. The van der Waals surface area contributed by atoms with Gasteiger partial charge < -0.3 is 0 Å². The summed E-state index contributed by atoms with van der Waals surface area (Å²) in [5, 5.41) is 2.84. The SMILES string of the molecule is O=C(C=CSc1c(Cl)cccc1Cl)c1ccc(Br)cc1. The molecular weight excluding hydrogens is 379 g/mol. The second-order valence-corrected chi connectivity index (χ2v) is 6.49. The zero-order valence-electron chi connectivity index (χ0n) is 10.1. The largest absolute Gasteiger partial charge is 0.289 e. The van der Waals surface area contributed by atoms with Crippen LogP contribution >= 0.6 is 50.9 Å². The van der Waals surface area contributed by atoms with E-state index in [4.69, 9.17) is 23.2 Å². The van der Waals surface area contributed by atoms with Crippen molar-refractivity contribution in [1.29, 1.82) is 0 Å². The van der Waals surface area contributed by atoms with Crippen molar-refractivity contribution in [2.24, 2.45) is 0 Å². The first-order valence-corrected chi connectivity index (χ1v) is 8.08. The second kappa shape index (κ2) is 7.32. The molecule has 0 heterocycles. The van der Waals surface area contributed by atoms with Gasteiger partial charge in [0.15, 0.2) is 5.78 Å². The minimum absolute atomic E-state index is 0.0619. The van der Waals surface area contributed by atoms with Gasteiger partial charge in [0.25, 0.3) is 0 Å². The lowest BCUT2D eigenvalue weighted by Crippen LogP contribution is -1.92. The molecule has 0 spiro atoms. The van der Waals surface area contributed by atoms with Gasteiger partial charge in [-0.3, -0.25) is 4.79 Å². The molecule has 2 aromatic carbocycles. The van der Waals surface area contributed by atoms with Crippen molar-refractivity contribution < 1.29 is 4.79 Å². The van der Waals surface area contributed by atoms with Crippen molar-refractivity contribution in [3.8, 4) is 0 Å². The van der Waals surface area contributed by atoms with Crippen LogP contribution in [0.5, 0.6) is 0 Å². The Morgan fingerprint density at radius 1 is 1.05 bits per heavy atom. The summed E-state index contributed by atoms with van der Waals surface area (Å²) in [7, 11) is 0. The lowest BCUT2D eigenvalue weighted by Gasteiger charge is -2.02. The van der Waals surface area contributed by atoms with Gasteiger partial charge in [0.05, 0.1) is 10.0 Å². The molecule has 0 aromatic heterocycles. The summed E-state index contributed by atoms with van der Waals surface area (Å²) in [5.41, 5.74) is 0.635. The summed E-state index contributed by atoms with van der Waals surface area (Å²) >= 11 is 16.8. The zero-order chi connectivity index (χ0) is 14.5. The molecule has 1 nitrogen and oxygen atoms in total. The molecule has 0 unspecified atom stereocenters. The molecule has 0 fully saturated rings. The lowest BCUT2D eigenvalue weighted by atomic mass is 10.1. The number of hydrogen-bond acceptors (Lipinski definition) is 2. The highest BCUT2D eigenvalue weighted by atomic mass is 79.9. The minimum Gasteiger partial charge on any atom is -0.289 e. The maximum Gasteiger partial charge on any atom is 0.186 e. The Morgan fingerprint density at radius 2 is 1.65 bits per heavy atom. The van der Waals surface area contributed by atoms with Crippen molar-refractivity contribution in [1.82, 2.24) is 0 Å². The van der Waals surface area contributed by atoms with Crippen LogP contribution in [0.25, 0.3) is 0 Å². The van der Waals surface area contributed by atoms with E-state index in [-0.39, 0.29) is 5.78 Å². The van der Waals surface area contributed by atoms with Crippen molar-refractivity contribution >= 4 is 56.7 Å². The number of carbonyl (C=O) groups excluding carboxylic acids is 1. The highest BCUT2D eigenvalue weighted by Crippen LogP contribution is 2.34. The monoisotopic (exact) mass is 386 g/mol. The van der Waals surface area contributed by atoms with E-state index in [0.717, 1.165) is 9.37 Å². The summed E-state index contributed by atoms with van der Waals surface area (Å²) < 4.78 is 0.940. The fraction of sp³-hybridized carbons (Fsp3) is 0. The van der Waals surface area contributed by atoms with E-state index >= 15 is 0 Å². The summed E-state index contributed by atoms with van der Waals surface area (Å²) in [4.78, 5) is 12.7. The fourth-order valence-electron chi connectivity index (χ4n) is 1.47. The highest BCUT2D eigenvalue weighted by molar-refractivity contribution is 9.10. The van der Waals surface area contributed by atoms with Gasteiger partial charge in [0.1, 0.15) is 0 Å². The molecule has 2 rings (SSSR count). The molecule has 0 radical (unpaired) electrons. The van der Waals surface area contributed by atoms with Gasteiger partial charge in [-0.25, -0.2) is 0 Å². The van der Waals surface area contributed by atoms with Crippen molar-refractivity contribution in [2.75, 3.05) is 0 Å². The first-order chi connectivity index (χ1) is 9.58. The van der Waals surface area contributed by atoms with Crippen molar-refractivity contribution in [3.05, 3.63) is 74.0 Å². The summed E-state index contributed by atoms with van der Waals surface area (Å²) in [6.07, 6.45) is 1.51. The molecule has 102 valence electrons. The van der Waals surface area contributed by atoms with Crippen LogP contribution in [-0.4, -0.2) is 5.78 Å². The molecule has 2 aromatic rings. The molecule has 0 atom stereocenters. The average Bonchev–Trinajstić information content (AvgIpc) is 2.42. The number of allylic oxidation sites excluding steroid dienone is 1. The smallest absolute Gasteiger partial charge is 0.186 e. The Hall–Kier alpha value is -0.740. The van der Waals surface area contributed by atoms with Gasteiger partial charge >= 0.3 is 0 Å². The van der Waals surface area contributed by atoms with Gasteiger partial charge in [-0.1, -0.05) is 57.0 Å². The van der Waals surface area contributed by atoms with E-state index in [1.165, 1.54) is 17.8 Å². The van der Waals surface area contributed by atoms with Gasteiger partial charge in [0, 0.05) is 14.9 Å². The number of ketones is 1. The van der Waals surface area contributed by atoms with E-state index in [1.807, 2.05) is 12.1 Å². The van der Waals surface area contributed by atoms with Gasteiger partial charge in [-0.15, -0.1) is 0 Å². The summed E-state index contributed by atoms with van der Waals surface area (Å²) in [6, 6.07) is 12.5. The second-order valence-electron chi connectivity index (χ2n) is 3.84. The van der Waals surface area contributed by atoms with Crippen LogP contribution in [0.1, 0.15) is 10.4 Å². The molecule has 0 bridgehead atoms. The first kappa shape index (κ1) is 15.6. The Balaban J connectivity index is 2.07. The van der Waals surface area contributed by atoms with Crippen LogP contribution in [0, 0.1) is 0 Å². The van der Waals surface area contributed by atoms with E-state index in [2.05, 4.69) is 15.9 Å². The standard InChI is InChI=1S/C15H9BrCl2OS/c16-11-6-4-10(5-7-11)14(19)8-9-20-15-12(17)2-1-3-13(15)18/h1-9H. The quantitative estimate of drug-likeness (QED) is 0.350. The van der Waals surface area contributed by atoms with Crippen LogP contribution in [0.2, 0.25) is 10.0 Å². The normalized spacial score (nSPS) is 10.9. The van der Waals surface area contributed by atoms with E-state index in [0.29, 0.717) is 15.6 Å². The number of carbonyl (C=O) groups is 1. The van der Waals surface area contributed by atoms with E-state index in [1.54, 1.807) is 35.7 Å². The molecule has 0 N–H and O–H groups in total. The average molecular weight is 388 g/mol. The predicted molar refractivity (Wildman–Crippen MR) is 89.9 cm³/mol. The molecule has 0 aliphatic rings. The molecule has 0 aliphatic carbocycles. The van der Waals surface area contributed by atoms with Crippen LogP contribution in [-0.2, 0) is 0 Å². The summed E-state index contributed by atoms with van der Waals surface area (Å²) in [5.74, 6) is -0.0619. The number of halogens is 3. The van der Waals surface area contributed by atoms with Crippen molar-refractivity contribution in [3.63, 3.8) is 0 Å². The molecule has 0 aliphatic heterocycles. The van der Waals surface area contributed by atoms with Crippen molar-refractivity contribution in [2.45, 2.75) is 4.90 Å². The zero-order valence-corrected chi connectivity index (χ0v) is 14.1. The van der Waals surface area contributed by atoms with E-state index < -0.39 is 0 Å². The van der Waals surface area contributed by atoms with E-state index in [9.17, 15) is 4.79 Å². The molecule has 0 amide bonds. The Morgan fingerprint density at radius 3 is 2.25 bits per heavy atom. The third kappa shape index (κ3) is 4.13. The molecule has 20 heavy (non-hydrogen) atoms. The van der Waals surface area contributed by atoms with Crippen LogP contribution in [0.15, 0.2) is 63.3 Å². The van der Waals surface area contributed by atoms with Gasteiger partial charge in [-0.05, 0) is 47.9 Å². The Kier molecular flexibility index (Phi) is 5.73. The Labute approximate surface area is 140 Å². The lowest BCUT2D eigenvalue weighted by molar-refractivity contribution is 0.104. The van der Waals surface area contributed by atoms with Crippen LogP contribution in [0.4, 0.5) is 0 Å². The Bertz CT molecular complexity index is 633. The number of benzene rings is 2. The van der Waals surface area contributed by atoms with Gasteiger partial charge in [-0.2, -0.15) is 0 Å². The number of hydrogen-bond donors (Lipinski definition) is 0. The molecule has 0 saturated heterocycles. The minimum atomic E-state index is -0.0619. The maximum absolute atomic E-state index is 11.9. The fourth-order valence-corrected chi connectivity index (χ4v) is 3.09. The highest BCUT2D eigenvalue weighted by Gasteiger charge is 2.05. The topological polar surface area (TPSA) is 17.1 Å². The maximum atomic E-state index is 11.9. The van der Waals surface area contributed by atoms with Crippen LogP contribution < -0.4 is 0 Å². The predicted octanol–water partition coefficient (Wildman–Crippen LogP) is 6.24. The number of rotatable bonds is 4. The first-order valence-electron chi connectivity index (χ1n) is 5.65. The summed E-state index contributed by atoms with van der Waals surface area (Å²) in [6.45, 7) is 0.